The van der Waals surface area contributed by atoms with Crippen molar-refractivity contribution in [1.29, 1.82) is 0 Å². The number of carboxylic acid groups (broad SMARTS) is 1. The zero-order valence-electron chi connectivity index (χ0n) is 14.3. The molecule has 4 N–H and O–H groups in total. The van der Waals surface area contributed by atoms with E-state index in [-0.39, 0.29) is 12.3 Å². The molecule has 0 aromatic heterocycles. The number of hydrogen-bond acceptors (Lipinski definition) is 3. The molecule has 1 atom stereocenters. The third-order valence-electron chi connectivity index (χ3n) is 4.02. The Kier molecular flexibility index (Phi) is 9.37. The third-order valence-corrected chi connectivity index (χ3v) is 4.27. The van der Waals surface area contributed by atoms with Gasteiger partial charge in [-0.05, 0) is 38.1 Å². The first-order valence-corrected chi connectivity index (χ1v) is 8.77. The molecule has 1 aromatic carbocycles. The fourth-order valence-corrected chi connectivity index (χ4v) is 2.61. The van der Waals surface area contributed by atoms with E-state index in [1.54, 1.807) is 29.6 Å². The monoisotopic (exact) mass is 356 g/mol. The number of rotatable bonds is 11. The van der Waals surface area contributed by atoms with E-state index < -0.39 is 12.0 Å². The molecule has 6 nitrogen and oxygen atoms in total. The molecular formula is C17H27ClN3O3+. The van der Waals surface area contributed by atoms with Gasteiger partial charge < -0.3 is 25.4 Å². The van der Waals surface area contributed by atoms with E-state index in [4.69, 9.17) is 11.6 Å². The molecule has 0 aliphatic carbocycles. The van der Waals surface area contributed by atoms with Gasteiger partial charge in [-0.1, -0.05) is 11.6 Å². The number of aliphatic carboxylic acids is 1. The van der Waals surface area contributed by atoms with Crippen LogP contribution in [0.4, 0.5) is 5.69 Å². The normalized spacial score (nSPS) is 12.2. The number of nitrogens with two attached hydrogens (primary N) is 1. The summed E-state index contributed by atoms with van der Waals surface area (Å²) in [6.45, 7) is 8.05. The number of carbonyl (C=O) groups is 2. The number of amides is 1. The molecule has 0 saturated carbocycles. The van der Waals surface area contributed by atoms with Crippen LogP contribution in [0.3, 0.4) is 0 Å². The summed E-state index contributed by atoms with van der Waals surface area (Å²) in [5.74, 6) is -1.56. The number of halogens is 1. The lowest BCUT2D eigenvalue weighted by molar-refractivity contribution is -0.898. The number of benzene rings is 1. The van der Waals surface area contributed by atoms with Crippen LogP contribution in [0.1, 0.15) is 26.7 Å². The molecule has 24 heavy (non-hydrogen) atoms. The van der Waals surface area contributed by atoms with Crippen molar-refractivity contribution < 1.29 is 24.9 Å². The van der Waals surface area contributed by atoms with Crippen molar-refractivity contribution in [2.45, 2.75) is 32.7 Å². The predicted molar refractivity (Wildman–Crippen MR) is 91.8 cm³/mol. The molecule has 1 rings (SSSR count). The minimum absolute atomic E-state index is 0.122. The van der Waals surface area contributed by atoms with Crippen molar-refractivity contribution >= 4 is 29.2 Å². The summed E-state index contributed by atoms with van der Waals surface area (Å²) < 4.78 is 0. The summed E-state index contributed by atoms with van der Waals surface area (Å²) in [5, 5.41) is 16.1. The van der Waals surface area contributed by atoms with Crippen LogP contribution in [0.25, 0.3) is 0 Å². The van der Waals surface area contributed by atoms with Crippen LogP contribution in [-0.2, 0) is 9.59 Å². The average Bonchev–Trinajstić information content (AvgIpc) is 2.55. The molecule has 0 aliphatic heterocycles. The largest absolute Gasteiger partial charge is 0.544 e. The van der Waals surface area contributed by atoms with Gasteiger partial charge in [-0.2, -0.15) is 0 Å². The molecule has 7 heteroatoms. The van der Waals surface area contributed by atoms with Gasteiger partial charge >= 0.3 is 0 Å². The van der Waals surface area contributed by atoms with Crippen LogP contribution >= 0.6 is 11.6 Å². The SMILES string of the molecule is CC[NH+](CC)CCC[NH2+][C@@H](CC(=O)Nc1ccc(Cl)cc1)C(=O)[O-]. The van der Waals surface area contributed by atoms with E-state index in [1.807, 2.05) is 0 Å². The van der Waals surface area contributed by atoms with Crippen LogP contribution in [0, 0.1) is 0 Å². The molecule has 134 valence electrons. The number of nitrogens with one attached hydrogen (secondary N) is 2. The molecule has 0 radical (unpaired) electrons. The second-order valence-electron chi connectivity index (χ2n) is 5.77. The van der Waals surface area contributed by atoms with Gasteiger partial charge in [0.1, 0.15) is 6.04 Å². The van der Waals surface area contributed by atoms with E-state index in [0.717, 1.165) is 26.1 Å². The number of anilines is 1. The molecule has 0 bridgehead atoms. The first kappa shape index (κ1) is 20.4. The lowest BCUT2D eigenvalue weighted by Gasteiger charge is -2.18. The Morgan fingerprint density at radius 3 is 2.42 bits per heavy atom. The van der Waals surface area contributed by atoms with Crippen molar-refractivity contribution in [3.05, 3.63) is 29.3 Å². The summed E-state index contributed by atoms with van der Waals surface area (Å²) in [6.07, 6.45) is 0.780. The highest BCUT2D eigenvalue weighted by atomic mass is 35.5. The average molecular weight is 357 g/mol. The van der Waals surface area contributed by atoms with E-state index in [1.165, 1.54) is 4.90 Å². The summed E-state index contributed by atoms with van der Waals surface area (Å²) in [7, 11) is 0. The highest BCUT2D eigenvalue weighted by molar-refractivity contribution is 6.30. The van der Waals surface area contributed by atoms with Gasteiger partial charge in [0.2, 0.25) is 5.91 Å². The standard InChI is InChI=1S/C17H26ClN3O3/c1-3-21(4-2)11-5-10-19-15(17(23)24)12-16(22)20-14-8-6-13(18)7-9-14/h6-9,15,19H,3-5,10-12H2,1-2H3,(H,20,22)(H,23,24)/p+1/t15-/m0/s1. The van der Waals surface area contributed by atoms with Crippen LogP contribution in [0.5, 0.6) is 0 Å². The molecule has 1 amide bonds. The van der Waals surface area contributed by atoms with Crippen molar-refractivity contribution in [2.24, 2.45) is 0 Å². The molecule has 0 unspecified atom stereocenters. The molecule has 0 fully saturated rings. The zero-order chi connectivity index (χ0) is 17.9. The first-order chi connectivity index (χ1) is 11.5. The fraction of sp³-hybridized carbons (Fsp3) is 0.529. The molecule has 1 aromatic rings. The van der Waals surface area contributed by atoms with Crippen molar-refractivity contribution in [3.8, 4) is 0 Å². The van der Waals surface area contributed by atoms with E-state index in [0.29, 0.717) is 17.3 Å². The summed E-state index contributed by atoms with van der Waals surface area (Å²) >= 11 is 5.78. The third kappa shape index (κ3) is 7.77. The lowest BCUT2D eigenvalue weighted by atomic mass is 10.2. The second-order valence-corrected chi connectivity index (χ2v) is 6.21. The molecule has 0 saturated heterocycles. The van der Waals surface area contributed by atoms with E-state index in [9.17, 15) is 14.7 Å². The highest BCUT2D eigenvalue weighted by Gasteiger charge is 2.18. The summed E-state index contributed by atoms with van der Waals surface area (Å²) in [4.78, 5) is 24.7. The van der Waals surface area contributed by atoms with Gasteiger partial charge in [0.05, 0.1) is 38.6 Å². The molecule has 0 heterocycles. The Balaban J connectivity index is 2.40. The molecule has 0 aliphatic rings. The lowest BCUT2D eigenvalue weighted by Crippen LogP contribution is -3.11. The van der Waals surface area contributed by atoms with Gasteiger partial charge in [-0.25, -0.2) is 0 Å². The molecule has 0 spiro atoms. The number of carboxylic acids is 1. The van der Waals surface area contributed by atoms with Gasteiger partial charge in [0, 0.05) is 17.1 Å². The first-order valence-electron chi connectivity index (χ1n) is 8.39. The van der Waals surface area contributed by atoms with Gasteiger partial charge in [-0.15, -0.1) is 0 Å². The number of quaternary nitrogens is 2. The maximum Gasteiger partial charge on any atom is 0.230 e. The van der Waals surface area contributed by atoms with Crippen LogP contribution in [-0.4, -0.2) is 44.1 Å². The minimum Gasteiger partial charge on any atom is -0.544 e. The fourth-order valence-electron chi connectivity index (χ4n) is 2.48. The van der Waals surface area contributed by atoms with Crippen molar-refractivity contribution in [2.75, 3.05) is 31.5 Å². The Morgan fingerprint density at radius 1 is 1.25 bits per heavy atom. The second kappa shape index (κ2) is 11.0. The quantitative estimate of drug-likeness (QED) is 0.429. The number of hydrogen-bond donors (Lipinski definition) is 3. The maximum absolute atomic E-state index is 12.0. The van der Waals surface area contributed by atoms with Crippen LogP contribution in [0.2, 0.25) is 5.02 Å². The predicted octanol–water partition coefficient (Wildman–Crippen LogP) is -1.33. The summed E-state index contributed by atoms with van der Waals surface area (Å²) in [6, 6.07) is 5.80. The summed E-state index contributed by atoms with van der Waals surface area (Å²) in [5.41, 5.74) is 0.589. The van der Waals surface area contributed by atoms with Gasteiger partial charge in [0.15, 0.2) is 0 Å². The van der Waals surface area contributed by atoms with E-state index >= 15 is 0 Å². The zero-order valence-corrected chi connectivity index (χ0v) is 15.1. The topological polar surface area (TPSA) is 90.3 Å². The van der Waals surface area contributed by atoms with Gasteiger partial charge in [-0.3, -0.25) is 4.79 Å². The van der Waals surface area contributed by atoms with Crippen LogP contribution < -0.4 is 20.6 Å². The van der Waals surface area contributed by atoms with Crippen molar-refractivity contribution in [3.63, 3.8) is 0 Å². The Labute approximate surface area is 148 Å². The molecular weight excluding hydrogens is 330 g/mol. The maximum atomic E-state index is 12.0. The Morgan fingerprint density at radius 2 is 1.88 bits per heavy atom. The smallest absolute Gasteiger partial charge is 0.230 e. The highest BCUT2D eigenvalue weighted by Crippen LogP contribution is 2.13. The number of carbonyl (C=O) groups excluding carboxylic acids is 2. The van der Waals surface area contributed by atoms with Crippen molar-refractivity contribution in [1.82, 2.24) is 0 Å². The van der Waals surface area contributed by atoms with E-state index in [2.05, 4.69) is 19.2 Å². The van der Waals surface area contributed by atoms with Crippen LogP contribution in [0.15, 0.2) is 24.3 Å². The Hall–Kier alpha value is -1.63. The van der Waals surface area contributed by atoms with Gasteiger partial charge in [0.25, 0.3) is 0 Å². The Bertz CT molecular complexity index is 518. The minimum atomic E-state index is -1.21.